The lowest BCUT2D eigenvalue weighted by Crippen LogP contribution is -2.00. The maximum Gasteiger partial charge on any atom is 0.143 e. The molecule has 0 amide bonds. The third-order valence-corrected chi connectivity index (χ3v) is 2.43. The van der Waals surface area contributed by atoms with Crippen molar-refractivity contribution in [2.75, 3.05) is 5.73 Å². The first-order valence-corrected chi connectivity index (χ1v) is 4.93. The zero-order valence-corrected chi connectivity index (χ0v) is 8.47. The Hall–Kier alpha value is -2.30. The van der Waals surface area contributed by atoms with E-state index in [1.807, 2.05) is 12.1 Å². The van der Waals surface area contributed by atoms with Crippen molar-refractivity contribution < 1.29 is 4.42 Å². The van der Waals surface area contributed by atoms with Crippen LogP contribution in [-0.2, 0) is 6.42 Å². The van der Waals surface area contributed by atoms with Crippen molar-refractivity contribution in [1.29, 1.82) is 0 Å². The average Bonchev–Trinajstić information content (AvgIpc) is 2.87. The van der Waals surface area contributed by atoms with Gasteiger partial charge in [0.15, 0.2) is 0 Å². The largest absolute Gasteiger partial charge is 0.472 e. The summed E-state index contributed by atoms with van der Waals surface area (Å²) in [5, 5.41) is 0.857. The monoisotopic (exact) mass is 214 g/mol. The topological polar surface area (TPSA) is 80.7 Å². The Morgan fingerprint density at radius 1 is 1.31 bits per heavy atom. The molecule has 0 fully saturated rings. The van der Waals surface area contributed by atoms with Crippen LogP contribution in [0.3, 0.4) is 0 Å². The second kappa shape index (κ2) is 3.37. The summed E-state index contributed by atoms with van der Waals surface area (Å²) in [7, 11) is 0. The minimum Gasteiger partial charge on any atom is -0.472 e. The van der Waals surface area contributed by atoms with Crippen LogP contribution in [0.2, 0.25) is 0 Å². The van der Waals surface area contributed by atoms with Crippen LogP contribution < -0.4 is 5.73 Å². The first-order valence-electron chi connectivity index (χ1n) is 4.93. The van der Waals surface area contributed by atoms with E-state index in [0.29, 0.717) is 18.1 Å². The van der Waals surface area contributed by atoms with Gasteiger partial charge in [0.25, 0.3) is 0 Å². The van der Waals surface area contributed by atoms with Crippen LogP contribution in [0.25, 0.3) is 11.0 Å². The van der Waals surface area contributed by atoms with E-state index in [1.54, 1.807) is 18.7 Å². The number of hydrogen-bond acceptors (Lipinski definition) is 4. The molecule has 80 valence electrons. The summed E-state index contributed by atoms with van der Waals surface area (Å²) in [6.45, 7) is 0. The Morgan fingerprint density at radius 3 is 3.06 bits per heavy atom. The summed E-state index contributed by atoms with van der Waals surface area (Å²) >= 11 is 0. The van der Waals surface area contributed by atoms with Crippen LogP contribution in [0.1, 0.15) is 11.4 Å². The molecule has 0 saturated carbocycles. The molecule has 0 aromatic carbocycles. The number of furan rings is 1. The van der Waals surface area contributed by atoms with Gasteiger partial charge in [0.2, 0.25) is 0 Å². The van der Waals surface area contributed by atoms with Gasteiger partial charge in [-0.25, -0.2) is 9.97 Å². The number of hydrogen-bond donors (Lipinski definition) is 2. The molecule has 3 aromatic rings. The maximum absolute atomic E-state index is 5.84. The molecular formula is C11H10N4O. The fourth-order valence-corrected chi connectivity index (χ4v) is 1.67. The molecule has 0 unspecified atom stereocenters. The van der Waals surface area contributed by atoms with Gasteiger partial charge < -0.3 is 15.1 Å². The van der Waals surface area contributed by atoms with Crippen LogP contribution >= 0.6 is 0 Å². The lowest BCUT2D eigenvalue weighted by molar-refractivity contribution is 0.564. The number of nitrogens with two attached hydrogens (primary N) is 1. The molecule has 0 aliphatic carbocycles. The summed E-state index contributed by atoms with van der Waals surface area (Å²) < 4.78 is 4.99. The van der Waals surface area contributed by atoms with E-state index in [-0.39, 0.29) is 0 Å². The lowest BCUT2D eigenvalue weighted by atomic mass is 10.2. The number of nitrogens with zero attached hydrogens (tertiary/aromatic N) is 2. The summed E-state index contributed by atoms with van der Waals surface area (Å²) in [6, 6.07) is 3.75. The number of H-pyrrole nitrogens is 1. The first-order chi connectivity index (χ1) is 7.83. The Labute approximate surface area is 91.3 Å². The summed E-state index contributed by atoms with van der Waals surface area (Å²) in [4.78, 5) is 11.7. The minimum absolute atomic E-state index is 0.504. The van der Waals surface area contributed by atoms with Crippen molar-refractivity contribution >= 4 is 16.9 Å². The molecule has 3 N–H and O–H groups in total. The number of anilines is 1. The van der Waals surface area contributed by atoms with Gasteiger partial charge in [-0.3, -0.25) is 0 Å². The Kier molecular flexibility index (Phi) is 1.89. The molecule has 3 aromatic heterocycles. The average molecular weight is 214 g/mol. The van der Waals surface area contributed by atoms with Gasteiger partial charge in [-0.2, -0.15) is 0 Å². The highest BCUT2D eigenvalue weighted by atomic mass is 16.3. The van der Waals surface area contributed by atoms with Crippen molar-refractivity contribution in [3.8, 4) is 0 Å². The fourth-order valence-electron chi connectivity index (χ4n) is 1.67. The van der Waals surface area contributed by atoms with Crippen LogP contribution in [0, 0.1) is 0 Å². The molecule has 0 saturated heterocycles. The normalized spacial score (nSPS) is 11.0. The van der Waals surface area contributed by atoms with Crippen molar-refractivity contribution in [1.82, 2.24) is 15.0 Å². The Morgan fingerprint density at radius 2 is 2.25 bits per heavy atom. The third kappa shape index (κ3) is 1.42. The number of aromatic amines is 1. The molecule has 0 spiro atoms. The number of aromatic nitrogens is 3. The third-order valence-electron chi connectivity index (χ3n) is 2.43. The highest BCUT2D eigenvalue weighted by Crippen LogP contribution is 2.17. The van der Waals surface area contributed by atoms with Crippen LogP contribution in [0.15, 0.2) is 35.3 Å². The zero-order chi connectivity index (χ0) is 11.0. The number of rotatable bonds is 2. The summed E-state index contributed by atoms with van der Waals surface area (Å²) in [5.41, 5.74) is 7.64. The molecule has 0 bridgehead atoms. The Bertz CT molecular complexity index is 612. The second-order valence-corrected chi connectivity index (χ2v) is 3.57. The second-order valence-electron chi connectivity index (χ2n) is 3.57. The maximum atomic E-state index is 5.84. The van der Waals surface area contributed by atoms with E-state index in [9.17, 15) is 0 Å². The van der Waals surface area contributed by atoms with Gasteiger partial charge in [-0.1, -0.05) is 0 Å². The number of fused-ring (bicyclic) bond motifs is 1. The summed E-state index contributed by atoms with van der Waals surface area (Å²) in [5.74, 6) is 1.19. The minimum atomic E-state index is 0.504. The van der Waals surface area contributed by atoms with Crippen molar-refractivity contribution in [2.24, 2.45) is 0 Å². The van der Waals surface area contributed by atoms with Gasteiger partial charge in [0.05, 0.1) is 17.9 Å². The zero-order valence-electron chi connectivity index (χ0n) is 8.47. The van der Waals surface area contributed by atoms with Crippen LogP contribution in [-0.4, -0.2) is 15.0 Å². The molecule has 0 aliphatic heterocycles. The highest BCUT2D eigenvalue weighted by molar-refractivity contribution is 5.85. The number of nitrogens with one attached hydrogen (secondary N) is 1. The van der Waals surface area contributed by atoms with Crippen LogP contribution in [0.4, 0.5) is 5.82 Å². The highest BCUT2D eigenvalue weighted by Gasteiger charge is 2.07. The van der Waals surface area contributed by atoms with Gasteiger partial charge in [-0.15, -0.1) is 0 Å². The standard InChI is InChI=1S/C11H10N4O/c12-10-8-1-3-13-11(8)15-9(14-10)5-7-2-4-16-6-7/h1-4,6H,5H2,(H3,12,13,14,15). The smallest absolute Gasteiger partial charge is 0.143 e. The molecule has 5 nitrogen and oxygen atoms in total. The predicted octanol–water partition coefficient (Wildman–Crippen LogP) is 1.72. The molecule has 5 heteroatoms. The quantitative estimate of drug-likeness (QED) is 0.680. The molecule has 0 radical (unpaired) electrons. The van der Waals surface area contributed by atoms with Crippen molar-refractivity contribution in [3.63, 3.8) is 0 Å². The van der Waals surface area contributed by atoms with Gasteiger partial charge >= 0.3 is 0 Å². The van der Waals surface area contributed by atoms with Gasteiger partial charge in [-0.05, 0) is 17.7 Å². The van der Waals surface area contributed by atoms with Crippen molar-refractivity contribution in [2.45, 2.75) is 6.42 Å². The predicted molar refractivity (Wildman–Crippen MR) is 59.8 cm³/mol. The number of nitrogen functional groups attached to an aromatic ring is 1. The summed E-state index contributed by atoms with van der Waals surface area (Å²) in [6.07, 6.45) is 5.73. The van der Waals surface area contributed by atoms with E-state index in [1.165, 1.54) is 0 Å². The van der Waals surface area contributed by atoms with E-state index in [4.69, 9.17) is 10.2 Å². The SMILES string of the molecule is Nc1nc(Cc2ccoc2)nc2[nH]ccc12. The van der Waals surface area contributed by atoms with E-state index < -0.39 is 0 Å². The molecule has 0 aliphatic rings. The van der Waals surface area contributed by atoms with Crippen LogP contribution in [0.5, 0.6) is 0 Å². The van der Waals surface area contributed by atoms with Gasteiger partial charge in [0, 0.05) is 12.6 Å². The Balaban J connectivity index is 2.04. The van der Waals surface area contributed by atoms with Crippen molar-refractivity contribution in [3.05, 3.63) is 42.2 Å². The van der Waals surface area contributed by atoms with E-state index >= 15 is 0 Å². The molecule has 3 rings (SSSR count). The van der Waals surface area contributed by atoms with E-state index in [2.05, 4.69) is 15.0 Å². The molecule has 16 heavy (non-hydrogen) atoms. The molecular weight excluding hydrogens is 204 g/mol. The molecule has 0 atom stereocenters. The first kappa shape index (κ1) is 8.96. The van der Waals surface area contributed by atoms with E-state index in [0.717, 1.165) is 16.6 Å². The van der Waals surface area contributed by atoms with Gasteiger partial charge in [0.1, 0.15) is 17.3 Å². The molecule has 3 heterocycles. The fraction of sp³-hybridized carbons (Fsp3) is 0.0909. The lowest BCUT2D eigenvalue weighted by Gasteiger charge is -2.00.